The van der Waals surface area contributed by atoms with Gasteiger partial charge in [0.15, 0.2) is 0 Å². The Morgan fingerprint density at radius 1 is 1.24 bits per heavy atom. The quantitative estimate of drug-likeness (QED) is 0.719. The first-order valence-electron chi connectivity index (χ1n) is 6.40. The Balaban J connectivity index is 0.00000400. The van der Waals surface area contributed by atoms with Crippen LogP contribution >= 0.6 is 12.4 Å². The molecule has 0 aromatic heterocycles. The van der Waals surface area contributed by atoms with E-state index < -0.39 is 10.0 Å². The number of likely N-dealkylation sites (N-methyl/N-ethyl adjacent to an activating group) is 1. The Bertz CT molecular complexity index is 562. The molecule has 0 fully saturated rings. The lowest BCUT2D eigenvalue weighted by Crippen LogP contribution is -2.32. The van der Waals surface area contributed by atoms with E-state index in [4.69, 9.17) is 0 Å². The van der Waals surface area contributed by atoms with Gasteiger partial charge in [0, 0.05) is 32.7 Å². The number of nitrogens with zero attached hydrogens (tertiary/aromatic N) is 1. The summed E-state index contributed by atoms with van der Waals surface area (Å²) in [6.07, 6.45) is 0. The Hall–Kier alpha value is -1.15. The highest BCUT2D eigenvalue weighted by molar-refractivity contribution is 7.89. The third-order valence-electron chi connectivity index (χ3n) is 2.64. The van der Waals surface area contributed by atoms with Gasteiger partial charge in [-0.05, 0) is 24.7 Å². The van der Waals surface area contributed by atoms with Crippen molar-refractivity contribution in [3.63, 3.8) is 0 Å². The van der Waals surface area contributed by atoms with E-state index in [1.807, 2.05) is 6.92 Å². The monoisotopic (exact) mass is 335 g/mol. The van der Waals surface area contributed by atoms with Crippen LogP contribution in [0.2, 0.25) is 0 Å². The van der Waals surface area contributed by atoms with Crippen LogP contribution in [0.1, 0.15) is 17.3 Å². The predicted molar refractivity (Wildman–Crippen MR) is 85.4 cm³/mol. The Morgan fingerprint density at radius 3 is 2.48 bits per heavy atom. The van der Waals surface area contributed by atoms with E-state index in [2.05, 4.69) is 10.0 Å². The average Bonchev–Trinajstić information content (AvgIpc) is 2.43. The molecule has 0 bridgehead atoms. The van der Waals surface area contributed by atoms with Gasteiger partial charge in [-0.1, -0.05) is 13.0 Å². The zero-order chi connectivity index (χ0) is 15.2. The molecule has 0 aliphatic heterocycles. The molecule has 0 aliphatic carbocycles. The highest BCUT2D eigenvalue weighted by atomic mass is 35.5. The first-order valence-corrected chi connectivity index (χ1v) is 7.89. The molecular weight excluding hydrogens is 314 g/mol. The predicted octanol–water partition coefficient (Wildman–Crippen LogP) is 0.698. The molecule has 6 nitrogen and oxygen atoms in total. The lowest BCUT2D eigenvalue weighted by Gasteiger charge is -2.12. The van der Waals surface area contributed by atoms with Crippen molar-refractivity contribution in [2.24, 2.45) is 0 Å². The molecule has 0 radical (unpaired) electrons. The Kier molecular flexibility index (Phi) is 8.50. The molecule has 0 atom stereocenters. The second-order valence-corrected chi connectivity index (χ2v) is 6.25. The number of hydrogen-bond acceptors (Lipinski definition) is 4. The summed E-state index contributed by atoms with van der Waals surface area (Å²) in [5, 5.41) is 3.03. The van der Waals surface area contributed by atoms with Gasteiger partial charge in [0.1, 0.15) is 0 Å². The molecule has 120 valence electrons. The molecular formula is C13H22ClN3O3S. The van der Waals surface area contributed by atoms with Crippen molar-refractivity contribution in [2.45, 2.75) is 11.8 Å². The minimum absolute atomic E-state index is 0. The minimum atomic E-state index is -3.58. The third-order valence-corrected chi connectivity index (χ3v) is 4.10. The fourth-order valence-electron chi connectivity index (χ4n) is 1.59. The summed E-state index contributed by atoms with van der Waals surface area (Å²) >= 11 is 0. The maximum Gasteiger partial charge on any atom is 0.253 e. The molecule has 0 saturated carbocycles. The summed E-state index contributed by atoms with van der Waals surface area (Å²) in [6.45, 7) is 3.60. The lowest BCUT2D eigenvalue weighted by molar-refractivity contribution is 0.0827. The van der Waals surface area contributed by atoms with E-state index in [0.29, 0.717) is 18.7 Å². The van der Waals surface area contributed by atoms with E-state index in [1.54, 1.807) is 26.2 Å². The van der Waals surface area contributed by atoms with E-state index in [9.17, 15) is 13.2 Å². The maximum absolute atomic E-state index is 12.1. The fraction of sp³-hybridized carbons (Fsp3) is 0.462. The van der Waals surface area contributed by atoms with Crippen molar-refractivity contribution in [1.82, 2.24) is 14.9 Å². The van der Waals surface area contributed by atoms with Crippen LogP contribution in [0.25, 0.3) is 0 Å². The number of sulfonamides is 1. The van der Waals surface area contributed by atoms with E-state index in [1.165, 1.54) is 17.0 Å². The standard InChI is InChI=1S/C13H21N3O3S.ClH/c1-4-14-8-9-15-20(18,19)12-7-5-6-11(10-12)13(17)16(2)3;/h5-7,10,14-15H,4,8-9H2,1-3H3;1H. The SMILES string of the molecule is CCNCCNS(=O)(=O)c1cccc(C(=O)N(C)C)c1.Cl. The van der Waals surface area contributed by atoms with E-state index >= 15 is 0 Å². The number of nitrogens with one attached hydrogen (secondary N) is 2. The van der Waals surface area contributed by atoms with Crippen molar-refractivity contribution in [3.05, 3.63) is 29.8 Å². The van der Waals surface area contributed by atoms with Gasteiger partial charge in [0.25, 0.3) is 5.91 Å². The van der Waals surface area contributed by atoms with Crippen molar-refractivity contribution in [1.29, 1.82) is 0 Å². The fourth-order valence-corrected chi connectivity index (χ4v) is 2.67. The van der Waals surface area contributed by atoms with Crippen LogP contribution in [0, 0.1) is 0 Å². The first kappa shape index (κ1) is 19.9. The van der Waals surface area contributed by atoms with Gasteiger partial charge < -0.3 is 10.2 Å². The van der Waals surface area contributed by atoms with Crippen molar-refractivity contribution >= 4 is 28.3 Å². The highest BCUT2D eigenvalue weighted by Crippen LogP contribution is 2.12. The van der Waals surface area contributed by atoms with Crippen LogP contribution in [-0.2, 0) is 10.0 Å². The molecule has 0 spiro atoms. The van der Waals surface area contributed by atoms with Crippen molar-refractivity contribution < 1.29 is 13.2 Å². The molecule has 8 heteroatoms. The number of halogens is 1. The zero-order valence-corrected chi connectivity index (χ0v) is 14.1. The van der Waals surface area contributed by atoms with Gasteiger partial charge in [-0.2, -0.15) is 0 Å². The van der Waals surface area contributed by atoms with E-state index in [0.717, 1.165) is 6.54 Å². The highest BCUT2D eigenvalue weighted by Gasteiger charge is 2.16. The zero-order valence-electron chi connectivity index (χ0n) is 12.4. The number of rotatable bonds is 7. The number of amides is 1. The molecule has 1 aromatic carbocycles. The summed E-state index contributed by atoms with van der Waals surface area (Å²) in [6, 6.07) is 6.02. The Morgan fingerprint density at radius 2 is 1.90 bits per heavy atom. The average molecular weight is 336 g/mol. The van der Waals surface area contributed by atoms with Gasteiger partial charge in [-0.25, -0.2) is 13.1 Å². The summed E-state index contributed by atoms with van der Waals surface area (Å²) in [4.78, 5) is 13.3. The van der Waals surface area contributed by atoms with Crippen LogP contribution in [0.5, 0.6) is 0 Å². The maximum atomic E-state index is 12.1. The van der Waals surface area contributed by atoms with Gasteiger partial charge in [0.2, 0.25) is 10.0 Å². The van der Waals surface area contributed by atoms with Gasteiger partial charge in [0.05, 0.1) is 4.90 Å². The summed E-state index contributed by atoms with van der Waals surface area (Å²) in [5.41, 5.74) is 0.351. The molecule has 21 heavy (non-hydrogen) atoms. The number of benzene rings is 1. The van der Waals surface area contributed by atoms with Crippen molar-refractivity contribution in [2.75, 3.05) is 33.7 Å². The second-order valence-electron chi connectivity index (χ2n) is 4.48. The molecule has 1 amide bonds. The molecule has 1 aromatic rings. The minimum Gasteiger partial charge on any atom is -0.345 e. The third kappa shape index (κ3) is 6.01. The van der Waals surface area contributed by atoms with Gasteiger partial charge in [-0.15, -0.1) is 12.4 Å². The number of carbonyl (C=O) groups excluding carboxylic acids is 1. The van der Waals surface area contributed by atoms with Crippen LogP contribution in [0.15, 0.2) is 29.2 Å². The number of carbonyl (C=O) groups is 1. The summed E-state index contributed by atoms with van der Waals surface area (Å²) < 4.78 is 26.6. The molecule has 1 rings (SSSR count). The first-order chi connectivity index (χ1) is 9.38. The van der Waals surface area contributed by atoms with Gasteiger partial charge >= 0.3 is 0 Å². The van der Waals surface area contributed by atoms with Gasteiger partial charge in [-0.3, -0.25) is 4.79 Å². The topological polar surface area (TPSA) is 78.5 Å². The normalized spacial score (nSPS) is 10.8. The molecule has 0 saturated heterocycles. The Labute approximate surface area is 132 Å². The smallest absolute Gasteiger partial charge is 0.253 e. The summed E-state index contributed by atoms with van der Waals surface area (Å²) in [7, 11) is -0.337. The van der Waals surface area contributed by atoms with Crippen LogP contribution < -0.4 is 10.0 Å². The molecule has 0 aliphatic rings. The lowest BCUT2D eigenvalue weighted by atomic mass is 10.2. The number of hydrogen-bond donors (Lipinski definition) is 2. The summed E-state index contributed by atoms with van der Waals surface area (Å²) in [5.74, 6) is -0.227. The van der Waals surface area contributed by atoms with Crippen molar-refractivity contribution in [3.8, 4) is 0 Å². The van der Waals surface area contributed by atoms with Crippen LogP contribution in [-0.4, -0.2) is 53.0 Å². The molecule has 0 unspecified atom stereocenters. The largest absolute Gasteiger partial charge is 0.345 e. The van der Waals surface area contributed by atoms with E-state index in [-0.39, 0.29) is 23.2 Å². The van der Waals surface area contributed by atoms with Crippen LogP contribution in [0.3, 0.4) is 0 Å². The second kappa shape index (κ2) is 8.99. The molecule has 2 N–H and O–H groups in total. The van der Waals surface area contributed by atoms with Crippen LogP contribution in [0.4, 0.5) is 0 Å². The molecule has 0 heterocycles.